The zero-order valence-electron chi connectivity index (χ0n) is 9.94. The van der Waals surface area contributed by atoms with Crippen molar-refractivity contribution in [3.63, 3.8) is 0 Å². The molecule has 1 heterocycles. The Balaban J connectivity index is 2.37. The zero-order valence-corrected chi connectivity index (χ0v) is 9.94. The number of benzene rings is 1. The number of nitrogens with zero attached hydrogens (tertiary/aromatic N) is 2. The molecule has 0 unspecified atom stereocenters. The van der Waals surface area contributed by atoms with E-state index in [1.54, 1.807) is 18.2 Å². The Kier molecular flexibility index (Phi) is 3.69. The Morgan fingerprint density at radius 1 is 1.22 bits per heavy atom. The second-order valence-electron chi connectivity index (χ2n) is 3.65. The Morgan fingerprint density at radius 3 is 2.61 bits per heavy atom. The van der Waals surface area contributed by atoms with Crippen molar-refractivity contribution in [1.29, 1.82) is 0 Å². The Bertz CT molecular complexity index is 544. The van der Waals surface area contributed by atoms with Gasteiger partial charge in [-0.25, -0.2) is 20.2 Å². The molecule has 5 nitrogen and oxygen atoms in total. The van der Waals surface area contributed by atoms with Crippen molar-refractivity contribution in [1.82, 2.24) is 9.97 Å². The molecular weight excluding hydrogens is 233 g/mol. The summed E-state index contributed by atoms with van der Waals surface area (Å²) in [6.07, 6.45) is 2.05. The van der Waals surface area contributed by atoms with Gasteiger partial charge in [-0.1, -0.05) is 19.1 Å². The summed E-state index contributed by atoms with van der Waals surface area (Å²) in [7, 11) is 0. The van der Waals surface area contributed by atoms with Crippen LogP contribution in [-0.4, -0.2) is 9.97 Å². The monoisotopic (exact) mass is 247 g/mol. The number of hydrogen-bond donors (Lipinski definition) is 3. The van der Waals surface area contributed by atoms with Crippen LogP contribution in [0.3, 0.4) is 0 Å². The standard InChI is InChI=1S/C12H14FN5/c1-2-8-11(15-7-16-12(8)18-14)17-10-6-4-3-5-9(10)13/h3-7H,2,14H2,1H3,(H2,15,16,17,18). The second kappa shape index (κ2) is 5.42. The van der Waals surface area contributed by atoms with Gasteiger partial charge < -0.3 is 10.7 Å². The number of anilines is 3. The van der Waals surface area contributed by atoms with Crippen molar-refractivity contribution in [2.24, 2.45) is 5.84 Å². The van der Waals surface area contributed by atoms with E-state index in [9.17, 15) is 4.39 Å². The third-order valence-electron chi connectivity index (χ3n) is 2.56. The molecule has 0 radical (unpaired) electrons. The number of halogens is 1. The average molecular weight is 247 g/mol. The molecule has 1 aromatic heterocycles. The van der Waals surface area contributed by atoms with Crippen LogP contribution in [0.5, 0.6) is 0 Å². The van der Waals surface area contributed by atoms with E-state index < -0.39 is 0 Å². The third-order valence-corrected chi connectivity index (χ3v) is 2.56. The quantitative estimate of drug-likeness (QED) is 0.570. The first-order valence-electron chi connectivity index (χ1n) is 5.58. The van der Waals surface area contributed by atoms with E-state index >= 15 is 0 Å². The maximum absolute atomic E-state index is 13.5. The summed E-state index contributed by atoms with van der Waals surface area (Å²) < 4.78 is 13.5. The topological polar surface area (TPSA) is 75.9 Å². The first kappa shape index (κ1) is 12.3. The number of nitrogens with one attached hydrogen (secondary N) is 2. The summed E-state index contributed by atoms with van der Waals surface area (Å²) in [5.41, 5.74) is 3.68. The molecule has 0 saturated heterocycles. The fourth-order valence-corrected chi connectivity index (χ4v) is 1.67. The third kappa shape index (κ3) is 2.38. The van der Waals surface area contributed by atoms with E-state index in [0.29, 0.717) is 23.7 Å². The number of rotatable bonds is 4. The van der Waals surface area contributed by atoms with Gasteiger partial charge in [0.25, 0.3) is 0 Å². The molecule has 0 saturated carbocycles. The van der Waals surface area contributed by atoms with Crippen molar-refractivity contribution >= 4 is 17.3 Å². The highest BCUT2D eigenvalue weighted by molar-refractivity contribution is 5.64. The van der Waals surface area contributed by atoms with Crippen molar-refractivity contribution in [3.8, 4) is 0 Å². The zero-order chi connectivity index (χ0) is 13.0. The van der Waals surface area contributed by atoms with Gasteiger partial charge in [0.2, 0.25) is 0 Å². The molecular formula is C12H14FN5. The molecule has 4 N–H and O–H groups in total. The number of hydrazine groups is 1. The van der Waals surface area contributed by atoms with E-state index in [2.05, 4.69) is 20.7 Å². The average Bonchev–Trinajstić information content (AvgIpc) is 2.41. The smallest absolute Gasteiger partial charge is 0.148 e. The van der Waals surface area contributed by atoms with E-state index in [1.807, 2.05) is 6.92 Å². The molecule has 2 aromatic rings. The summed E-state index contributed by atoms with van der Waals surface area (Å²) in [5.74, 6) is 6.12. The van der Waals surface area contributed by atoms with Crippen molar-refractivity contribution in [2.45, 2.75) is 13.3 Å². The fraction of sp³-hybridized carbons (Fsp3) is 0.167. The lowest BCUT2D eigenvalue weighted by molar-refractivity contribution is 0.631. The van der Waals surface area contributed by atoms with Crippen LogP contribution in [0.4, 0.5) is 21.7 Å². The summed E-state index contributed by atoms with van der Waals surface area (Å²) in [5, 5.41) is 2.94. The Labute approximate surface area is 104 Å². The lowest BCUT2D eigenvalue weighted by Crippen LogP contribution is -2.13. The minimum Gasteiger partial charge on any atom is -0.337 e. The Morgan fingerprint density at radius 2 is 1.94 bits per heavy atom. The van der Waals surface area contributed by atoms with E-state index in [4.69, 9.17) is 5.84 Å². The molecule has 0 aliphatic carbocycles. The van der Waals surface area contributed by atoms with Crippen LogP contribution in [0, 0.1) is 5.82 Å². The van der Waals surface area contributed by atoms with Gasteiger partial charge in [-0.2, -0.15) is 0 Å². The fourth-order valence-electron chi connectivity index (χ4n) is 1.67. The summed E-state index contributed by atoms with van der Waals surface area (Å²) in [4.78, 5) is 8.12. The minimum atomic E-state index is -0.333. The lowest BCUT2D eigenvalue weighted by Gasteiger charge is -2.12. The summed E-state index contributed by atoms with van der Waals surface area (Å²) in [6, 6.07) is 6.41. The highest BCUT2D eigenvalue weighted by Gasteiger charge is 2.10. The summed E-state index contributed by atoms with van der Waals surface area (Å²) in [6.45, 7) is 1.95. The first-order valence-corrected chi connectivity index (χ1v) is 5.58. The van der Waals surface area contributed by atoms with Crippen LogP contribution in [0.25, 0.3) is 0 Å². The molecule has 0 amide bonds. The van der Waals surface area contributed by atoms with Gasteiger partial charge in [-0.3, -0.25) is 0 Å². The van der Waals surface area contributed by atoms with Gasteiger partial charge in [0.15, 0.2) is 0 Å². The molecule has 0 aliphatic rings. The number of nitrogens with two attached hydrogens (primary N) is 1. The molecule has 0 fully saturated rings. The molecule has 18 heavy (non-hydrogen) atoms. The number of nitrogen functional groups attached to an aromatic ring is 1. The van der Waals surface area contributed by atoms with E-state index in [1.165, 1.54) is 12.4 Å². The maximum atomic E-state index is 13.5. The second-order valence-corrected chi connectivity index (χ2v) is 3.65. The highest BCUT2D eigenvalue weighted by Crippen LogP contribution is 2.24. The van der Waals surface area contributed by atoms with Crippen molar-refractivity contribution in [3.05, 3.63) is 42.0 Å². The SMILES string of the molecule is CCc1c(NN)ncnc1Nc1ccccc1F. The van der Waals surface area contributed by atoms with Crippen LogP contribution in [0.1, 0.15) is 12.5 Å². The van der Waals surface area contributed by atoms with Gasteiger partial charge in [0.05, 0.1) is 5.69 Å². The molecule has 6 heteroatoms. The lowest BCUT2D eigenvalue weighted by atomic mass is 10.2. The van der Waals surface area contributed by atoms with Crippen LogP contribution in [0.15, 0.2) is 30.6 Å². The highest BCUT2D eigenvalue weighted by atomic mass is 19.1. The van der Waals surface area contributed by atoms with Gasteiger partial charge in [-0.05, 0) is 18.6 Å². The normalized spacial score (nSPS) is 10.2. The predicted octanol–water partition coefficient (Wildman–Crippen LogP) is 2.21. The predicted molar refractivity (Wildman–Crippen MR) is 68.9 cm³/mol. The molecule has 0 spiro atoms. The minimum absolute atomic E-state index is 0.333. The number of para-hydroxylation sites is 1. The number of hydrogen-bond acceptors (Lipinski definition) is 5. The van der Waals surface area contributed by atoms with Crippen molar-refractivity contribution < 1.29 is 4.39 Å². The van der Waals surface area contributed by atoms with Gasteiger partial charge in [-0.15, -0.1) is 0 Å². The van der Waals surface area contributed by atoms with Gasteiger partial charge in [0, 0.05) is 5.56 Å². The van der Waals surface area contributed by atoms with Crippen LogP contribution < -0.4 is 16.6 Å². The molecule has 0 atom stereocenters. The molecule has 0 bridgehead atoms. The largest absolute Gasteiger partial charge is 0.337 e. The van der Waals surface area contributed by atoms with Crippen LogP contribution in [-0.2, 0) is 6.42 Å². The number of aromatic nitrogens is 2. The van der Waals surface area contributed by atoms with Crippen molar-refractivity contribution in [2.75, 3.05) is 10.7 Å². The molecule has 1 aromatic carbocycles. The van der Waals surface area contributed by atoms with Gasteiger partial charge in [0.1, 0.15) is 23.8 Å². The Hall–Kier alpha value is -2.21. The maximum Gasteiger partial charge on any atom is 0.148 e. The van der Waals surface area contributed by atoms with Crippen LogP contribution >= 0.6 is 0 Å². The molecule has 0 aliphatic heterocycles. The first-order chi connectivity index (χ1) is 8.76. The molecule has 2 rings (SSSR count). The van der Waals surface area contributed by atoms with Crippen LogP contribution in [0.2, 0.25) is 0 Å². The van der Waals surface area contributed by atoms with Gasteiger partial charge >= 0.3 is 0 Å². The molecule has 94 valence electrons. The summed E-state index contributed by atoms with van der Waals surface area (Å²) >= 11 is 0. The van der Waals surface area contributed by atoms with E-state index in [-0.39, 0.29) is 5.82 Å². The van der Waals surface area contributed by atoms with E-state index in [0.717, 1.165) is 5.56 Å².